The van der Waals surface area contributed by atoms with Gasteiger partial charge in [-0.2, -0.15) is 0 Å². The smallest absolute Gasteiger partial charge is 0.268 e. The minimum absolute atomic E-state index is 0.0127. The highest BCUT2D eigenvalue weighted by Crippen LogP contribution is 2.38. The van der Waals surface area contributed by atoms with Crippen LogP contribution in [0.1, 0.15) is 245 Å². The topological polar surface area (TPSA) is 108 Å². The molecule has 0 aromatic carbocycles. The van der Waals surface area contributed by atoms with Crippen molar-refractivity contribution in [1.29, 1.82) is 0 Å². The number of carbonyl (C=O) groups is 1. The molecule has 0 bridgehead atoms. The Bertz CT molecular complexity index is 958. The molecule has 0 rings (SSSR count). The highest BCUT2D eigenvalue weighted by atomic mass is 31.2. The molecule has 0 saturated heterocycles. The van der Waals surface area contributed by atoms with Gasteiger partial charge in [0.25, 0.3) is 7.82 Å². The van der Waals surface area contributed by atoms with Gasteiger partial charge in [-0.1, -0.05) is 212 Å². The molecule has 0 aliphatic rings. The number of allylic oxidation sites excluding steroid dienone is 2. The lowest BCUT2D eigenvalue weighted by Gasteiger charge is -2.30. The second kappa shape index (κ2) is 41.6. The highest BCUT2D eigenvalue weighted by molar-refractivity contribution is 7.45. The lowest BCUT2D eigenvalue weighted by atomic mass is 10.0. The molecule has 9 heteroatoms. The quantitative estimate of drug-likeness (QED) is 0.0273. The number of aliphatic hydroxyl groups is 1. The molecule has 3 unspecified atom stereocenters. The van der Waals surface area contributed by atoms with Crippen LogP contribution in [-0.2, 0) is 18.4 Å². The second-order valence-corrected chi connectivity index (χ2v) is 19.9. The fourth-order valence-electron chi connectivity index (χ4n) is 7.51. The molecule has 0 aromatic rings. The molecule has 3 atom stereocenters. The van der Waals surface area contributed by atoms with Gasteiger partial charge >= 0.3 is 0 Å². The maximum absolute atomic E-state index is 12.9. The Balaban J connectivity index is 4.25. The van der Waals surface area contributed by atoms with Gasteiger partial charge in [-0.15, -0.1) is 0 Å². The molecule has 8 nitrogen and oxygen atoms in total. The monoisotopic (exact) mass is 843 g/mol. The minimum atomic E-state index is -4.57. The summed E-state index contributed by atoms with van der Waals surface area (Å²) in [6.07, 6.45) is 47.9. The van der Waals surface area contributed by atoms with Crippen LogP contribution in [0.15, 0.2) is 12.2 Å². The van der Waals surface area contributed by atoms with E-state index >= 15 is 0 Å². The molecule has 0 aromatic heterocycles. The molecule has 0 fully saturated rings. The largest absolute Gasteiger partial charge is 0.756 e. The summed E-state index contributed by atoms with van der Waals surface area (Å²) in [5.41, 5.74) is 0. The molecular weight excluding hydrogens is 744 g/mol. The summed E-state index contributed by atoms with van der Waals surface area (Å²) in [5.74, 6) is -0.171. The normalized spacial score (nSPS) is 14.3. The molecule has 0 radical (unpaired) electrons. The molecule has 58 heavy (non-hydrogen) atoms. The van der Waals surface area contributed by atoms with E-state index in [-0.39, 0.29) is 19.1 Å². The number of likely N-dealkylation sites (N-methyl/N-ethyl adjacent to an activating group) is 1. The summed E-state index contributed by atoms with van der Waals surface area (Å²) in [4.78, 5) is 25.4. The van der Waals surface area contributed by atoms with Gasteiger partial charge < -0.3 is 28.8 Å². The lowest BCUT2D eigenvalue weighted by molar-refractivity contribution is -0.870. The second-order valence-electron chi connectivity index (χ2n) is 18.5. The van der Waals surface area contributed by atoms with Crippen LogP contribution in [-0.4, -0.2) is 68.5 Å². The molecule has 0 saturated carbocycles. The van der Waals surface area contributed by atoms with Crippen molar-refractivity contribution in [2.45, 2.75) is 257 Å². The highest BCUT2D eigenvalue weighted by Gasteiger charge is 2.24. The van der Waals surface area contributed by atoms with Gasteiger partial charge in [-0.25, -0.2) is 0 Å². The number of phosphoric ester groups is 1. The minimum Gasteiger partial charge on any atom is -0.756 e. The first-order chi connectivity index (χ1) is 28.0. The number of carbonyl (C=O) groups excluding carboxylic acids is 1. The van der Waals surface area contributed by atoms with Gasteiger partial charge in [0.2, 0.25) is 5.91 Å². The van der Waals surface area contributed by atoms with E-state index in [1.54, 1.807) is 0 Å². The number of aliphatic hydroxyl groups excluding tert-OH is 1. The molecule has 346 valence electrons. The zero-order valence-corrected chi connectivity index (χ0v) is 40.2. The van der Waals surface area contributed by atoms with Crippen LogP contribution in [0.2, 0.25) is 0 Å². The van der Waals surface area contributed by atoms with E-state index in [0.29, 0.717) is 23.9 Å². The van der Waals surface area contributed by atoms with E-state index in [2.05, 4.69) is 31.3 Å². The summed E-state index contributed by atoms with van der Waals surface area (Å²) in [5, 5.41) is 14.0. The Kier molecular flexibility index (Phi) is 41.0. The summed E-state index contributed by atoms with van der Waals surface area (Å²) in [7, 11) is 1.31. The van der Waals surface area contributed by atoms with Crippen LogP contribution in [0, 0.1) is 0 Å². The van der Waals surface area contributed by atoms with Crippen molar-refractivity contribution in [1.82, 2.24) is 5.32 Å². The van der Waals surface area contributed by atoms with E-state index in [4.69, 9.17) is 9.05 Å². The van der Waals surface area contributed by atoms with E-state index in [0.717, 1.165) is 51.4 Å². The number of nitrogens with one attached hydrogen (secondary N) is 1. The third kappa shape index (κ3) is 43.3. The number of rotatable bonds is 46. The standard InChI is InChI=1S/C49H99N2O6P/c1-6-8-10-12-14-16-18-20-22-23-24-25-26-27-29-30-32-34-36-38-40-42-48(52)47(46-57-58(54,55)56-45-44-51(3,4)5)50-49(53)43-41-39-37-35-33-31-28-21-19-17-15-13-11-9-7-2/h21,28,47-48,52H,6-20,22-27,29-46H2,1-5H3,(H-,50,53,54,55)/b28-21-. The molecule has 0 heterocycles. The van der Waals surface area contributed by atoms with Gasteiger partial charge in [0, 0.05) is 6.42 Å². The molecule has 2 N–H and O–H groups in total. The Labute approximate surface area is 361 Å². The van der Waals surface area contributed by atoms with Crippen LogP contribution < -0.4 is 10.2 Å². The Hall–Kier alpha value is -0.760. The fourth-order valence-corrected chi connectivity index (χ4v) is 8.23. The van der Waals surface area contributed by atoms with E-state index in [1.807, 2.05) is 21.1 Å². The summed E-state index contributed by atoms with van der Waals surface area (Å²) < 4.78 is 23.3. The number of nitrogens with zero attached hydrogens (tertiary/aromatic N) is 1. The lowest BCUT2D eigenvalue weighted by Crippen LogP contribution is -2.46. The van der Waals surface area contributed by atoms with Gasteiger partial charge in [0.05, 0.1) is 39.9 Å². The Morgan fingerprint density at radius 1 is 0.586 bits per heavy atom. The fraction of sp³-hybridized carbons (Fsp3) is 0.939. The summed E-state index contributed by atoms with van der Waals surface area (Å²) in [6.45, 7) is 4.73. The first-order valence-corrected chi connectivity index (χ1v) is 26.5. The third-order valence-electron chi connectivity index (χ3n) is 11.5. The van der Waals surface area contributed by atoms with Crippen LogP contribution in [0.5, 0.6) is 0 Å². The molecule has 1 amide bonds. The number of hydrogen-bond donors (Lipinski definition) is 2. The van der Waals surface area contributed by atoms with Gasteiger partial charge in [0.15, 0.2) is 0 Å². The zero-order valence-electron chi connectivity index (χ0n) is 39.3. The van der Waals surface area contributed by atoms with Crippen molar-refractivity contribution in [3.05, 3.63) is 12.2 Å². The van der Waals surface area contributed by atoms with Crippen molar-refractivity contribution >= 4 is 13.7 Å². The average Bonchev–Trinajstić information content (AvgIpc) is 3.17. The first kappa shape index (κ1) is 57.2. The summed E-state index contributed by atoms with van der Waals surface area (Å²) in [6, 6.07) is -0.801. The van der Waals surface area contributed by atoms with E-state index in [9.17, 15) is 19.4 Å². The van der Waals surface area contributed by atoms with Crippen LogP contribution >= 0.6 is 7.82 Å². The number of unbranched alkanes of at least 4 members (excludes halogenated alkanes) is 31. The van der Waals surface area contributed by atoms with Crippen LogP contribution in [0.3, 0.4) is 0 Å². The van der Waals surface area contributed by atoms with Crippen molar-refractivity contribution in [2.24, 2.45) is 0 Å². The zero-order chi connectivity index (χ0) is 42.8. The van der Waals surface area contributed by atoms with Crippen molar-refractivity contribution in [2.75, 3.05) is 40.9 Å². The van der Waals surface area contributed by atoms with Gasteiger partial charge in [-0.05, 0) is 38.5 Å². The number of hydrogen-bond acceptors (Lipinski definition) is 6. The Morgan fingerprint density at radius 2 is 0.948 bits per heavy atom. The first-order valence-electron chi connectivity index (χ1n) is 25.0. The van der Waals surface area contributed by atoms with Crippen LogP contribution in [0.25, 0.3) is 0 Å². The molecular formula is C49H99N2O6P. The van der Waals surface area contributed by atoms with E-state index in [1.165, 1.54) is 167 Å². The van der Waals surface area contributed by atoms with Gasteiger partial charge in [-0.3, -0.25) is 9.36 Å². The Morgan fingerprint density at radius 3 is 1.34 bits per heavy atom. The SMILES string of the molecule is CCCCCCCC/C=C\CCCCCCCC(=O)NC(COP(=O)([O-])OCC[N+](C)(C)C)C(O)CCCCCCCCCCCCCCCCCCCCCCC. The van der Waals surface area contributed by atoms with Crippen molar-refractivity contribution in [3.63, 3.8) is 0 Å². The molecule has 0 spiro atoms. The maximum Gasteiger partial charge on any atom is 0.268 e. The number of quaternary nitrogens is 1. The molecule has 0 aliphatic carbocycles. The predicted octanol–water partition coefficient (Wildman–Crippen LogP) is 13.7. The number of amides is 1. The van der Waals surface area contributed by atoms with E-state index < -0.39 is 20.0 Å². The van der Waals surface area contributed by atoms with Crippen molar-refractivity contribution < 1.29 is 32.9 Å². The third-order valence-corrected chi connectivity index (χ3v) is 12.5. The predicted molar refractivity (Wildman–Crippen MR) is 247 cm³/mol. The van der Waals surface area contributed by atoms with Crippen LogP contribution in [0.4, 0.5) is 0 Å². The summed E-state index contributed by atoms with van der Waals surface area (Å²) >= 11 is 0. The average molecular weight is 843 g/mol. The molecule has 0 aliphatic heterocycles. The number of phosphoric acid groups is 1. The van der Waals surface area contributed by atoms with Gasteiger partial charge in [0.1, 0.15) is 13.2 Å². The maximum atomic E-state index is 12.9. The van der Waals surface area contributed by atoms with Crippen molar-refractivity contribution in [3.8, 4) is 0 Å².